The number of methoxy groups -OCH3 is 1. The number of carbonyl (C=O) groups is 1. The minimum atomic E-state index is 0.178. The molecule has 1 heterocycles. The van der Waals surface area contributed by atoms with Gasteiger partial charge in [0.1, 0.15) is 5.75 Å². The second-order valence-electron chi connectivity index (χ2n) is 5.56. The van der Waals surface area contributed by atoms with Crippen molar-refractivity contribution < 1.29 is 14.6 Å². The molecule has 1 N–H and O–H groups in total. The molecule has 1 fully saturated rings. The van der Waals surface area contributed by atoms with Gasteiger partial charge in [0.2, 0.25) is 5.91 Å². The first-order chi connectivity index (χ1) is 9.63. The standard InChI is InChI=1S/C16H23NO3/c1-12(14-3-5-15(20-2)6-4-14)9-16(19)17-8-7-13(10-17)11-18/h3-6,12-13,18H,7-11H2,1-2H3. The number of hydrogen-bond acceptors (Lipinski definition) is 3. The Bertz CT molecular complexity index is 444. The van der Waals surface area contributed by atoms with Gasteiger partial charge in [0, 0.05) is 32.0 Å². The monoisotopic (exact) mass is 277 g/mol. The van der Waals surface area contributed by atoms with Crippen molar-refractivity contribution in [1.29, 1.82) is 0 Å². The Morgan fingerprint density at radius 1 is 1.45 bits per heavy atom. The van der Waals surface area contributed by atoms with Gasteiger partial charge in [-0.1, -0.05) is 19.1 Å². The van der Waals surface area contributed by atoms with Crippen LogP contribution < -0.4 is 4.74 Å². The Hall–Kier alpha value is -1.55. The second kappa shape index (κ2) is 6.75. The summed E-state index contributed by atoms with van der Waals surface area (Å²) in [5.41, 5.74) is 1.15. The fourth-order valence-corrected chi connectivity index (χ4v) is 2.65. The summed E-state index contributed by atoms with van der Waals surface area (Å²) in [6, 6.07) is 7.87. The van der Waals surface area contributed by atoms with Crippen LogP contribution >= 0.6 is 0 Å². The molecule has 1 aliphatic rings. The van der Waals surface area contributed by atoms with Crippen LogP contribution in [-0.4, -0.2) is 42.7 Å². The highest BCUT2D eigenvalue weighted by molar-refractivity contribution is 5.77. The minimum Gasteiger partial charge on any atom is -0.497 e. The molecule has 0 spiro atoms. The van der Waals surface area contributed by atoms with Crippen molar-refractivity contribution in [2.75, 3.05) is 26.8 Å². The van der Waals surface area contributed by atoms with Crippen LogP contribution in [0.15, 0.2) is 24.3 Å². The van der Waals surface area contributed by atoms with Gasteiger partial charge in [-0.3, -0.25) is 4.79 Å². The molecule has 0 aromatic heterocycles. The average Bonchev–Trinajstić information content (AvgIpc) is 2.96. The van der Waals surface area contributed by atoms with Crippen molar-refractivity contribution in [3.63, 3.8) is 0 Å². The first-order valence-corrected chi connectivity index (χ1v) is 7.16. The molecule has 2 unspecified atom stereocenters. The smallest absolute Gasteiger partial charge is 0.223 e. The zero-order valence-electron chi connectivity index (χ0n) is 12.2. The van der Waals surface area contributed by atoms with Gasteiger partial charge in [-0.05, 0) is 30.0 Å². The predicted octanol–water partition coefficient (Wildman–Crippen LogP) is 2.03. The third kappa shape index (κ3) is 3.51. The van der Waals surface area contributed by atoms with Gasteiger partial charge in [0.15, 0.2) is 0 Å². The van der Waals surface area contributed by atoms with E-state index in [1.165, 1.54) is 0 Å². The molecule has 1 aliphatic heterocycles. The summed E-state index contributed by atoms with van der Waals surface area (Å²) in [5.74, 6) is 1.47. The van der Waals surface area contributed by atoms with Gasteiger partial charge in [-0.25, -0.2) is 0 Å². The summed E-state index contributed by atoms with van der Waals surface area (Å²) < 4.78 is 5.14. The fraction of sp³-hybridized carbons (Fsp3) is 0.562. The number of nitrogens with zero attached hydrogens (tertiary/aromatic N) is 1. The zero-order valence-corrected chi connectivity index (χ0v) is 12.2. The van der Waals surface area contributed by atoms with E-state index in [-0.39, 0.29) is 24.3 Å². The lowest BCUT2D eigenvalue weighted by molar-refractivity contribution is -0.130. The van der Waals surface area contributed by atoms with Crippen molar-refractivity contribution in [2.45, 2.75) is 25.7 Å². The van der Waals surface area contributed by atoms with Crippen LogP contribution in [0, 0.1) is 5.92 Å². The molecule has 0 radical (unpaired) electrons. The Balaban J connectivity index is 1.90. The molecule has 1 amide bonds. The summed E-state index contributed by atoms with van der Waals surface area (Å²) in [4.78, 5) is 14.1. The molecule has 0 bridgehead atoms. The average molecular weight is 277 g/mol. The Kier molecular flexibility index (Phi) is 5.01. The highest BCUT2D eigenvalue weighted by Crippen LogP contribution is 2.24. The molecule has 1 saturated heterocycles. The van der Waals surface area contributed by atoms with E-state index in [1.807, 2.05) is 29.2 Å². The van der Waals surface area contributed by atoms with Crippen LogP contribution in [0.5, 0.6) is 5.75 Å². The van der Waals surface area contributed by atoms with Crippen molar-refractivity contribution in [2.24, 2.45) is 5.92 Å². The van der Waals surface area contributed by atoms with Crippen molar-refractivity contribution in [3.05, 3.63) is 29.8 Å². The third-order valence-corrected chi connectivity index (χ3v) is 4.06. The molecular weight excluding hydrogens is 254 g/mol. The largest absolute Gasteiger partial charge is 0.497 e. The van der Waals surface area contributed by atoms with Crippen LogP contribution in [0.25, 0.3) is 0 Å². The predicted molar refractivity (Wildman–Crippen MR) is 77.8 cm³/mol. The van der Waals surface area contributed by atoms with E-state index in [0.717, 1.165) is 24.3 Å². The number of carbonyl (C=O) groups excluding carboxylic acids is 1. The Labute approximate surface area is 120 Å². The van der Waals surface area contributed by atoms with E-state index < -0.39 is 0 Å². The first kappa shape index (κ1) is 14.9. The fourth-order valence-electron chi connectivity index (χ4n) is 2.65. The van der Waals surface area contributed by atoms with E-state index in [9.17, 15) is 4.79 Å². The molecular formula is C16H23NO3. The quantitative estimate of drug-likeness (QED) is 0.896. The lowest BCUT2D eigenvalue weighted by Crippen LogP contribution is -2.29. The van der Waals surface area contributed by atoms with E-state index in [0.29, 0.717) is 13.0 Å². The number of rotatable bonds is 5. The summed E-state index contributed by atoms with van der Waals surface area (Å²) in [5, 5.41) is 9.13. The molecule has 0 aliphatic carbocycles. The molecule has 20 heavy (non-hydrogen) atoms. The van der Waals surface area contributed by atoms with E-state index >= 15 is 0 Å². The maximum atomic E-state index is 12.2. The van der Waals surface area contributed by atoms with Crippen LogP contribution in [0.2, 0.25) is 0 Å². The molecule has 110 valence electrons. The summed E-state index contributed by atoms with van der Waals surface area (Å²) in [6.07, 6.45) is 1.43. The van der Waals surface area contributed by atoms with Gasteiger partial charge in [-0.2, -0.15) is 0 Å². The molecule has 2 rings (SSSR count). The maximum Gasteiger partial charge on any atom is 0.223 e. The maximum absolute atomic E-state index is 12.2. The number of benzene rings is 1. The molecule has 4 heteroatoms. The van der Waals surface area contributed by atoms with Crippen molar-refractivity contribution in [1.82, 2.24) is 4.90 Å². The van der Waals surface area contributed by atoms with Gasteiger partial charge in [-0.15, -0.1) is 0 Å². The van der Waals surface area contributed by atoms with Gasteiger partial charge in [0.25, 0.3) is 0 Å². The lowest BCUT2D eigenvalue weighted by Gasteiger charge is -2.19. The van der Waals surface area contributed by atoms with E-state index in [1.54, 1.807) is 7.11 Å². The van der Waals surface area contributed by atoms with Crippen LogP contribution in [0.4, 0.5) is 0 Å². The topological polar surface area (TPSA) is 49.8 Å². The first-order valence-electron chi connectivity index (χ1n) is 7.16. The summed E-state index contributed by atoms with van der Waals surface area (Å²) in [7, 11) is 1.65. The summed E-state index contributed by atoms with van der Waals surface area (Å²) >= 11 is 0. The van der Waals surface area contributed by atoms with Crippen molar-refractivity contribution in [3.8, 4) is 5.75 Å². The SMILES string of the molecule is COc1ccc(C(C)CC(=O)N2CCC(CO)C2)cc1. The van der Waals surface area contributed by atoms with E-state index in [2.05, 4.69) is 6.92 Å². The van der Waals surface area contributed by atoms with Crippen molar-refractivity contribution >= 4 is 5.91 Å². The van der Waals surface area contributed by atoms with Gasteiger partial charge < -0.3 is 14.7 Å². The normalized spacial score (nSPS) is 19.9. The Morgan fingerprint density at radius 2 is 2.15 bits per heavy atom. The van der Waals surface area contributed by atoms with Gasteiger partial charge >= 0.3 is 0 Å². The molecule has 2 atom stereocenters. The number of hydrogen-bond donors (Lipinski definition) is 1. The minimum absolute atomic E-state index is 0.178. The zero-order chi connectivity index (χ0) is 14.5. The molecule has 1 aromatic rings. The molecule has 0 saturated carbocycles. The number of aliphatic hydroxyl groups excluding tert-OH is 1. The second-order valence-corrected chi connectivity index (χ2v) is 5.56. The summed E-state index contributed by atoms with van der Waals surface area (Å²) in [6.45, 7) is 3.72. The number of likely N-dealkylation sites (tertiary alicyclic amines) is 1. The van der Waals surface area contributed by atoms with Crippen LogP contribution in [0.3, 0.4) is 0 Å². The molecule has 1 aromatic carbocycles. The third-order valence-electron chi connectivity index (χ3n) is 4.06. The number of aliphatic hydroxyl groups is 1. The highest BCUT2D eigenvalue weighted by Gasteiger charge is 2.26. The Morgan fingerprint density at radius 3 is 2.70 bits per heavy atom. The lowest BCUT2D eigenvalue weighted by atomic mass is 9.97. The van der Waals surface area contributed by atoms with Crippen LogP contribution in [-0.2, 0) is 4.79 Å². The van der Waals surface area contributed by atoms with E-state index in [4.69, 9.17) is 9.84 Å². The molecule has 4 nitrogen and oxygen atoms in total. The number of amides is 1. The van der Waals surface area contributed by atoms with Gasteiger partial charge in [0.05, 0.1) is 7.11 Å². The highest BCUT2D eigenvalue weighted by atomic mass is 16.5. The number of ether oxygens (including phenoxy) is 1. The van der Waals surface area contributed by atoms with Crippen LogP contribution in [0.1, 0.15) is 31.2 Å².